The first kappa shape index (κ1) is 28.0. The smallest absolute Gasteiger partial charge is 0.407 e. The summed E-state index contributed by atoms with van der Waals surface area (Å²) in [5.41, 5.74) is 2.88. The van der Waals surface area contributed by atoms with E-state index in [0.29, 0.717) is 0 Å². The molecule has 2 saturated heterocycles. The van der Waals surface area contributed by atoms with Crippen LogP contribution in [0.25, 0.3) is 0 Å². The summed E-state index contributed by atoms with van der Waals surface area (Å²) in [6.07, 6.45) is -18.4. The van der Waals surface area contributed by atoms with Gasteiger partial charge in [-0.25, -0.2) is 4.79 Å². The van der Waals surface area contributed by atoms with Gasteiger partial charge in [-0.05, 0) is 0 Å². The molecule has 2 aliphatic heterocycles. The van der Waals surface area contributed by atoms with E-state index in [2.05, 4.69) is 5.32 Å². The molecule has 2 unspecified atom stereocenters. The first-order valence-corrected chi connectivity index (χ1v) is 10.4. The summed E-state index contributed by atoms with van der Waals surface area (Å²) in [5, 5.41) is 85.0. The molecule has 1 amide bonds. The van der Waals surface area contributed by atoms with Crippen molar-refractivity contribution in [2.45, 2.75) is 66.6 Å². The number of hydrogen-bond donors (Lipinski definition) is 10. The number of carbonyl (C=O) groups is 1. The number of hydrogen-bond acceptors (Lipinski definition) is 14. The molecule has 0 aromatic carbocycles. The van der Waals surface area contributed by atoms with E-state index in [1.807, 2.05) is 0 Å². The zero-order chi connectivity index (χ0) is 24.9. The fourth-order valence-electron chi connectivity index (χ4n) is 3.99. The minimum atomic E-state index is -2.52. The predicted octanol–water partition coefficient (Wildman–Crippen LogP) is -6.26. The molecule has 11 N–H and O–H groups in total. The normalized spacial score (nSPS) is 41.3. The molecule has 2 fully saturated rings. The summed E-state index contributed by atoms with van der Waals surface area (Å²) < 4.78 is 21.3. The third-order valence-corrected chi connectivity index (χ3v) is 5.78. The highest BCUT2D eigenvalue weighted by atomic mass is 16.6. The summed E-state index contributed by atoms with van der Waals surface area (Å²) in [6.45, 7) is -2.37. The molecule has 0 spiro atoms. The first-order chi connectivity index (χ1) is 15.6. The van der Waals surface area contributed by atoms with E-state index in [-0.39, 0.29) is 13.2 Å². The van der Waals surface area contributed by atoms with E-state index in [1.165, 1.54) is 7.05 Å². The van der Waals surface area contributed by atoms with Crippen LogP contribution in [0.1, 0.15) is 0 Å². The van der Waals surface area contributed by atoms with Gasteiger partial charge in [0.15, 0.2) is 6.10 Å². The molecule has 0 aromatic rings. The van der Waals surface area contributed by atoms with Gasteiger partial charge >= 0.3 is 6.09 Å². The van der Waals surface area contributed by atoms with Crippen molar-refractivity contribution in [2.75, 3.05) is 40.0 Å². The van der Waals surface area contributed by atoms with Crippen LogP contribution in [-0.2, 0) is 18.9 Å². The lowest BCUT2D eigenvalue weighted by molar-refractivity contribution is -0.330. The number of aliphatic hydroxyl groups excluding tert-OH is 7. The highest BCUT2D eigenvalue weighted by Crippen LogP contribution is 2.37. The van der Waals surface area contributed by atoms with Gasteiger partial charge in [0.2, 0.25) is 0 Å². The van der Waals surface area contributed by atoms with Crippen LogP contribution in [0.3, 0.4) is 0 Å². The quantitative estimate of drug-likeness (QED) is 0.136. The summed E-state index contributed by atoms with van der Waals surface area (Å²) in [7, 11) is 1.25. The molecule has 15 nitrogen and oxygen atoms in total. The van der Waals surface area contributed by atoms with Crippen molar-refractivity contribution in [3.05, 3.63) is 0 Å². The van der Waals surface area contributed by atoms with Gasteiger partial charge in [0.1, 0.15) is 60.5 Å². The van der Waals surface area contributed by atoms with Crippen LogP contribution in [0.5, 0.6) is 0 Å². The van der Waals surface area contributed by atoms with Crippen LogP contribution in [-0.4, -0.2) is 154 Å². The molecule has 2 heterocycles. The van der Waals surface area contributed by atoms with Crippen LogP contribution in [0, 0.1) is 0 Å². The number of nitrogens with one attached hydrogen (secondary N) is 1. The maximum absolute atomic E-state index is 11.6. The Labute approximate surface area is 189 Å². The van der Waals surface area contributed by atoms with E-state index in [1.54, 1.807) is 0 Å². The molecule has 2 rings (SSSR count). The van der Waals surface area contributed by atoms with Crippen molar-refractivity contribution in [1.82, 2.24) is 5.32 Å². The van der Waals surface area contributed by atoms with Gasteiger partial charge in [-0.3, -0.25) is 0 Å². The van der Waals surface area contributed by atoms with Gasteiger partial charge in [0.25, 0.3) is 0 Å². The molecular weight excluding hydrogens is 452 g/mol. The Morgan fingerprint density at radius 1 is 0.939 bits per heavy atom. The molecule has 0 saturated carbocycles. The molecule has 0 aliphatic carbocycles. The van der Waals surface area contributed by atoms with Gasteiger partial charge in [0.05, 0.1) is 26.4 Å². The monoisotopic (exact) mass is 486 g/mol. The number of nitrogens with two attached hydrogens (primary N) is 1. The molecular formula is C18H34N2O13. The van der Waals surface area contributed by atoms with E-state index < -0.39 is 92.6 Å². The van der Waals surface area contributed by atoms with E-state index >= 15 is 0 Å². The van der Waals surface area contributed by atoms with Gasteiger partial charge in [-0.15, -0.1) is 0 Å². The number of aliphatic hydroxyl groups is 8. The highest BCUT2D eigenvalue weighted by molar-refractivity contribution is 5.67. The number of ether oxygens (including phenoxy) is 4. The fraction of sp³-hybridized carbons (Fsp3) is 0.944. The third-order valence-electron chi connectivity index (χ3n) is 5.78. The zero-order valence-corrected chi connectivity index (χ0v) is 18.0. The molecule has 2 aliphatic rings. The molecule has 0 aromatic heterocycles. The summed E-state index contributed by atoms with van der Waals surface area (Å²) in [6, 6.07) is 0. The minimum absolute atomic E-state index is 0.0305. The van der Waals surface area contributed by atoms with Crippen molar-refractivity contribution < 1.29 is 64.6 Å². The number of amides is 1. The first-order valence-electron chi connectivity index (χ1n) is 10.4. The zero-order valence-electron chi connectivity index (χ0n) is 18.0. The molecule has 0 radical (unpaired) electrons. The molecule has 33 heavy (non-hydrogen) atoms. The Kier molecular flexibility index (Phi) is 10.2. The van der Waals surface area contributed by atoms with Crippen molar-refractivity contribution in [3.63, 3.8) is 0 Å². The summed E-state index contributed by atoms with van der Waals surface area (Å²) >= 11 is 0. The largest absolute Gasteiger partial charge is 0.440 e. The van der Waals surface area contributed by atoms with Crippen molar-refractivity contribution in [3.8, 4) is 0 Å². The third kappa shape index (κ3) is 5.72. The highest BCUT2D eigenvalue weighted by Gasteiger charge is 2.61. The van der Waals surface area contributed by atoms with Crippen molar-refractivity contribution in [1.29, 1.82) is 0 Å². The Bertz CT molecular complexity index is 626. The molecule has 11 atom stereocenters. The lowest BCUT2D eigenvalue weighted by atomic mass is 9.77. The lowest BCUT2D eigenvalue weighted by Gasteiger charge is -2.53. The van der Waals surface area contributed by atoms with Crippen LogP contribution in [0.2, 0.25) is 0 Å². The fourth-order valence-corrected chi connectivity index (χ4v) is 3.99. The maximum atomic E-state index is 11.6. The second kappa shape index (κ2) is 12.0. The number of carbonyl (C=O) groups excluding carboxylic acids is 1. The predicted molar refractivity (Wildman–Crippen MR) is 106 cm³/mol. The SMILES string of the molecule is CNC(=O)O[C@H]1[C@@H](O)[C@H](O)[C@@H](C(O)(COCCN)C2O[C@@H](CO)[C@@H](O)[C@H](O)[C@@H]2O)O[C@@H]1CO. The van der Waals surface area contributed by atoms with Crippen molar-refractivity contribution >= 4 is 6.09 Å². The van der Waals surface area contributed by atoms with Gasteiger partial charge in [-0.2, -0.15) is 0 Å². The molecule has 0 bridgehead atoms. The van der Waals surface area contributed by atoms with E-state index in [9.17, 15) is 45.6 Å². The Hall–Kier alpha value is -1.21. The standard InChI is InChI=1S/C18H34N2O13/c1-20-17(28)33-14-8(5-22)32-16(13(27)11(14)25)18(29,6-30-3-2-19)15-12(26)10(24)9(23)7(4-21)31-15/h7-16,21-27,29H,2-6,19H2,1H3,(H,20,28)/t7-,8+,9+,10-,11-,12-,13-,14+,15?,16-,18?/m0/s1. The Balaban J connectivity index is 2.42. The lowest BCUT2D eigenvalue weighted by Crippen LogP contribution is -2.74. The van der Waals surface area contributed by atoms with Crippen LogP contribution in [0.15, 0.2) is 0 Å². The average molecular weight is 486 g/mol. The van der Waals surface area contributed by atoms with Gasteiger partial charge < -0.3 is 70.9 Å². The van der Waals surface area contributed by atoms with Crippen LogP contribution in [0.4, 0.5) is 4.79 Å². The topological polar surface area (TPSA) is 254 Å². The minimum Gasteiger partial charge on any atom is -0.440 e. The maximum Gasteiger partial charge on any atom is 0.407 e. The van der Waals surface area contributed by atoms with Crippen LogP contribution < -0.4 is 11.1 Å². The van der Waals surface area contributed by atoms with Crippen molar-refractivity contribution in [2.24, 2.45) is 5.73 Å². The summed E-state index contributed by atoms with van der Waals surface area (Å²) in [4.78, 5) is 11.6. The number of rotatable bonds is 9. The van der Waals surface area contributed by atoms with Crippen LogP contribution >= 0.6 is 0 Å². The van der Waals surface area contributed by atoms with Gasteiger partial charge in [-0.1, -0.05) is 0 Å². The second-order valence-corrected chi connectivity index (χ2v) is 7.96. The second-order valence-electron chi connectivity index (χ2n) is 7.96. The molecule has 194 valence electrons. The van der Waals surface area contributed by atoms with E-state index in [0.717, 1.165) is 0 Å². The van der Waals surface area contributed by atoms with E-state index in [4.69, 9.17) is 24.7 Å². The Morgan fingerprint density at radius 3 is 2.00 bits per heavy atom. The molecule has 15 heteroatoms. The average Bonchev–Trinajstić information content (AvgIpc) is 2.80. The Morgan fingerprint density at radius 2 is 1.48 bits per heavy atom. The van der Waals surface area contributed by atoms with Gasteiger partial charge in [0, 0.05) is 13.6 Å². The summed E-state index contributed by atoms with van der Waals surface area (Å²) in [5.74, 6) is 0. The number of alkyl carbamates (subject to hydrolysis) is 1.